The van der Waals surface area contributed by atoms with Gasteiger partial charge in [0, 0.05) is 17.6 Å². The van der Waals surface area contributed by atoms with Crippen LogP contribution in [0.25, 0.3) is 0 Å². The molecule has 0 aliphatic carbocycles. The molecule has 2 aromatic carbocycles. The van der Waals surface area contributed by atoms with Crippen LogP contribution < -0.4 is 15.4 Å². The van der Waals surface area contributed by atoms with Crippen molar-refractivity contribution in [3.05, 3.63) is 59.2 Å². The number of nitrogens with one attached hydrogen (secondary N) is 2. The smallest absolute Gasteiger partial charge is 0.320 e. The summed E-state index contributed by atoms with van der Waals surface area (Å²) in [5.74, 6) is 0.237. The van der Waals surface area contributed by atoms with Gasteiger partial charge in [-0.1, -0.05) is 57.0 Å². The Morgan fingerprint density at radius 2 is 1.86 bits per heavy atom. The van der Waals surface area contributed by atoms with Crippen LogP contribution in [0.2, 0.25) is 0 Å². The fourth-order valence-corrected chi connectivity index (χ4v) is 7.11. The van der Waals surface area contributed by atoms with E-state index in [2.05, 4.69) is 24.5 Å². The van der Waals surface area contributed by atoms with E-state index in [1.165, 1.54) is 0 Å². The number of carbonyl (C=O) groups is 1. The van der Waals surface area contributed by atoms with E-state index >= 15 is 0 Å². The van der Waals surface area contributed by atoms with E-state index in [9.17, 15) is 13.2 Å². The van der Waals surface area contributed by atoms with Crippen molar-refractivity contribution in [1.29, 1.82) is 0 Å². The summed E-state index contributed by atoms with van der Waals surface area (Å²) < 4.78 is 38.9. The number of methoxy groups -OCH3 is 1. The lowest BCUT2D eigenvalue weighted by atomic mass is 9.88. The van der Waals surface area contributed by atoms with Crippen molar-refractivity contribution in [2.45, 2.75) is 88.9 Å². The molecule has 7 nitrogen and oxygen atoms in total. The molecular formula is C29H42N2O5S. The van der Waals surface area contributed by atoms with Crippen molar-refractivity contribution in [3.63, 3.8) is 0 Å². The second-order valence-electron chi connectivity index (χ2n) is 10.9. The minimum absolute atomic E-state index is 0.00835. The SMILES string of the molecule is CCCC[C@]1(CC)CS(=O)(=O)c2cc(CNCC(=O)OC(C)(C)C)c(OC)cc2[C@@H](c2ccccc2)N1. The largest absolute Gasteiger partial charge is 0.496 e. The number of hydrogen-bond donors (Lipinski definition) is 2. The lowest BCUT2D eigenvalue weighted by Gasteiger charge is -2.36. The van der Waals surface area contributed by atoms with Gasteiger partial charge in [-0.15, -0.1) is 0 Å². The third-order valence-corrected chi connectivity index (χ3v) is 8.76. The number of unbranched alkanes of at least 4 members (excludes halogenated alkanes) is 1. The molecular weight excluding hydrogens is 488 g/mol. The summed E-state index contributed by atoms with van der Waals surface area (Å²) in [5.41, 5.74) is 1.26. The van der Waals surface area contributed by atoms with Crippen molar-refractivity contribution in [1.82, 2.24) is 10.6 Å². The number of benzene rings is 2. The molecule has 0 aromatic heterocycles. The average molecular weight is 531 g/mol. The zero-order chi connectivity index (χ0) is 27.3. The van der Waals surface area contributed by atoms with Crippen LogP contribution in [-0.2, 0) is 25.9 Å². The first-order valence-corrected chi connectivity index (χ1v) is 14.8. The summed E-state index contributed by atoms with van der Waals surface area (Å²) in [6.07, 6.45) is 3.41. The maximum Gasteiger partial charge on any atom is 0.320 e. The molecule has 0 bridgehead atoms. The Balaban J connectivity index is 2.05. The Hall–Kier alpha value is -2.42. The molecule has 0 amide bonds. The van der Waals surface area contributed by atoms with Gasteiger partial charge in [-0.25, -0.2) is 8.42 Å². The highest BCUT2D eigenvalue weighted by atomic mass is 32.2. The van der Waals surface area contributed by atoms with Crippen molar-refractivity contribution in [3.8, 4) is 5.75 Å². The number of hydrogen-bond acceptors (Lipinski definition) is 7. The van der Waals surface area contributed by atoms with Crippen molar-refractivity contribution < 1.29 is 22.7 Å². The lowest BCUT2D eigenvalue weighted by Crippen LogP contribution is -2.50. The van der Waals surface area contributed by atoms with Crippen molar-refractivity contribution in [2.24, 2.45) is 0 Å². The predicted molar refractivity (Wildman–Crippen MR) is 147 cm³/mol. The standard InChI is InChI=1S/C29H42N2O5S/c1-7-9-15-29(8-2)20-37(33,34)25-16-22(18-30-19-26(32)36-28(3,4)5)24(35-6)17-23(25)27(31-29)21-13-11-10-12-14-21/h10-14,16-17,27,30-31H,7-9,15,18-20H2,1-6H3/t27-,29-/m1/s1. The fourth-order valence-electron chi connectivity index (χ4n) is 4.93. The van der Waals surface area contributed by atoms with Crippen molar-refractivity contribution >= 4 is 15.8 Å². The molecule has 0 unspecified atom stereocenters. The van der Waals surface area contributed by atoms with Crippen LogP contribution in [0.3, 0.4) is 0 Å². The van der Waals surface area contributed by atoms with Crippen LogP contribution in [0.15, 0.2) is 47.4 Å². The molecule has 3 rings (SSSR count). The second-order valence-corrected chi connectivity index (χ2v) is 12.8. The molecule has 0 fully saturated rings. The molecule has 37 heavy (non-hydrogen) atoms. The van der Waals surface area contributed by atoms with Gasteiger partial charge >= 0.3 is 5.97 Å². The summed E-state index contributed by atoms with van der Waals surface area (Å²) >= 11 is 0. The molecule has 2 atom stereocenters. The Kier molecular flexibility index (Phi) is 9.42. The quantitative estimate of drug-likeness (QED) is 0.421. The summed E-state index contributed by atoms with van der Waals surface area (Å²) in [4.78, 5) is 12.5. The first kappa shape index (κ1) is 29.1. The Bertz CT molecular complexity index is 1170. The van der Waals surface area contributed by atoms with Gasteiger partial charge < -0.3 is 14.8 Å². The highest BCUT2D eigenvalue weighted by molar-refractivity contribution is 7.91. The summed E-state index contributed by atoms with van der Waals surface area (Å²) in [5, 5.41) is 6.86. The second kappa shape index (κ2) is 12.0. The van der Waals surface area contributed by atoms with E-state index in [0.717, 1.165) is 24.8 Å². The summed E-state index contributed by atoms with van der Waals surface area (Å²) in [6.45, 7) is 9.91. The third kappa shape index (κ3) is 7.33. The Morgan fingerprint density at radius 3 is 2.46 bits per heavy atom. The molecule has 2 aromatic rings. The van der Waals surface area contributed by atoms with Gasteiger partial charge in [0.05, 0.1) is 30.3 Å². The molecule has 1 aliphatic rings. The third-order valence-electron chi connectivity index (χ3n) is 6.80. The van der Waals surface area contributed by atoms with E-state index in [4.69, 9.17) is 9.47 Å². The van der Waals surface area contributed by atoms with Crippen molar-refractivity contribution in [2.75, 3.05) is 19.4 Å². The molecule has 0 saturated heterocycles. The monoisotopic (exact) mass is 530 g/mol. The van der Waals surface area contributed by atoms with Crippen LogP contribution in [0.1, 0.15) is 83.0 Å². The fraction of sp³-hybridized carbons (Fsp3) is 0.552. The van der Waals surface area contributed by atoms with Crippen LogP contribution in [-0.4, -0.2) is 44.9 Å². The molecule has 0 saturated carbocycles. The molecule has 0 radical (unpaired) electrons. The molecule has 204 valence electrons. The number of fused-ring (bicyclic) bond motifs is 1. The first-order valence-electron chi connectivity index (χ1n) is 13.1. The minimum atomic E-state index is -3.62. The maximum atomic E-state index is 13.9. The minimum Gasteiger partial charge on any atom is -0.496 e. The van der Waals surface area contributed by atoms with Gasteiger partial charge in [-0.2, -0.15) is 0 Å². The van der Waals surface area contributed by atoms with E-state index < -0.39 is 21.0 Å². The number of sulfone groups is 1. The Labute approximate surface area is 222 Å². The van der Waals surface area contributed by atoms with E-state index in [1.54, 1.807) is 13.2 Å². The van der Waals surface area contributed by atoms with Gasteiger partial charge in [0.25, 0.3) is 0 Å². The molecule has 0 spiro atoms. The van der Waals surface area contributed by atoms with Gasteiger partial charge in [-0.3, -0.25) is 10.1 Å². The summed E-state index contributed by atoms with van der Waals surface area (Å²) in [7, 11) is -2.04. The normalized spacial score (nSPS) is 21.1. The molecule has 8 heteroatoms. The van der Waals surface area contributed by atoms with Crippen LogP contribution in [0.4, 0.5) is 0 Å². The van der Waals surface area contributed by atoms with Gasteiger partial charge in [-0.05, 0) is 56.9 Å². The van der Waals surface area contributed by atoms with Crippen LogP contribution >= 0.6 is 0 Å². The Morgan fingerprint density at radius 1 is 1.16 bits per heavy atom. The van der Waals surface area contributed by atoms with E-state index in [-0.39, 0.29) is 30.9 Å². The average Bonchev–Trinajstić information content (AvgIpc) is 2.94. The zero-order valence-electron chi connectivity index (χ0n) is 23.0. The van der Waals surface area contributed by atoms with E-state index in [1.807, 2.05) is 57.2 Å². The molecule has 1 aliphatic heterocycles. The number of ether oxygens (including phenoxy) is 2. The number of carbonyl (C=O) groups excluding carboxylic acids is 1. The maximum absolute atomic E-state index is 13.9. The topological polar surface area (TPSA) is 93.7 Å². The van der Waals surface area contributed by atoms with E-state index in [0.29, 0.717) is 28.2 Å². The summed E-state index contributed by atoms with van der Waals surface area (Å²) in [6, 6.07) is 13.2. The number of rotatable bonds is 10. The lowest BCUT2D eigenvalue weighted by molar-refractivity contribution is -0.153. The molecule has 2 N–H and O–H groups in total. The van der Waals surface area contributed by atoms with Crippen LogP contribution in [0.5, 0.6) is 5.75 Å². The van der Waals surface area contributed by atoms with Gasteiger partial charge in [0.15, 0.2) is 9.84 Å². The first-order chi connectivity index (χ1) is 17.4. The highest BCUT2D eigenvalue weighted by Gasteiger charge is 2.42. The predicted octanol–water partition coefficient (Wildman–Crippen LogP) is 4.93. The zero-order valence-corrected chi connectivity index (χ0v) is 23.8. The van der Waals surface area contributed by atoms with Crippen LogP contribution in [0, 0.1) is 0 Å². The number of esters is 1. The highest BCUT2D eigenvalue weighted by Crippen LogP contribution is 2.40. The van der Waals surface area contributed by atoms with Gasteiger partial charge in [0.2, 0.25) is 0 Å². The van der Waals surface area contributed by atoms with Gasteiger partial charge in [0.1, 0.15) is 11.4 Å². The molecule has 1 heterocycles.